The van der Waals surface area contributed by atoms with E-state index in [1.165, 1.54) is 25.0 Å². The lowest BCUT2D eigenvalue weighted by Crippen LogP contribution is -2.22. The summed E-state index contributed by atoms with van der Waals surface area (Å²) in [5.74, 6) is -1.15. The van der Waals surface area contributed by atoms with Crippen LogP contribution in [0, 0.1) is 11.6 Å². The van der Waals surface area contributed by atoms with Crippen LogP contribution in [0.5, 0.6) is 5.75 Å². The van der Waals surface area contributed by atoms with Gasteiger partial charge >= 0.3 is 0 Å². The Morgan fingerprint density at radius 2 is 2.00 bits per heavy atom. The molecule has 1 aromatic rings. The van der Waals surface area contributed by atoms with Crippen molar-refractivity contribution in [3.63, 3.8) is 0 Å². The van der Waals surface area contributed by atoms with Gasteiger partial charge < -0.3 is 10.1 Å². The standard InChI is InChI=1S/C13H19F2NO/c1-2-3-4-7-16-8-9-17-13-6-5-11(14)10-12(13)15/h5-6,10,16H,2-4,7-9H2,1H3. The Labute approximate surface area is 101 Å². The van der Waals surface area contributed by atoms with Crippen LogP contribution in [0.1, 0.15) is 26.2 Å². The van der Waals surface area contributed by atoms with E-state index >= 15 is 0 Å². The monoisotopic (exact) mass is 243 g/mol. The molecule has 0 saturated heterocycles. The van der Waals surface area contributed by atoms with Crippen LogP contribution < -0.4 is 10.1 Å². The molecular formula is C13H19F2NO. The maximum atomic E-state index is 13.1. The second-order valence-corrected chi connectivity index (χ2v) is 3.88. The van der Waals surface area contributed by atoms with Gasteiger partial charge in [0.15, 0.2) is 11.6 Å². The van der Waals surface area contributed by atoms with E-state index in [4.69, 9.17) is 4.74 Å². The number of ether oxygens (including phenoxy) is 1. The highest BCUT2D eigenvalue weighted by Crippen LogP contribution is 2.17. The Morgan fingerprint density at radius 3 is 2.71 bits per heavy atom. The molecule has 96 valence electrons. The maximum Gasteiger partial charge on any atom is 0.167 e. The third-order valence-electron chi connectivity index (χ3n) is 2.39. The van der Waals surface area contributed by atoms with E-state index in [0.717, 1.165) is 19.0 Å². The first-order valence-corrected chi connectivity index (χ1v) is 6.02. The minimum absolute atomic E-state index is 0.0989. The summed E-state index contributed by atoms with van der Waals surface area (Å²) < 4.78 is 30.9. The first kappa shape index (κ1) is 13.9. The minimum Gasteiger partial charge on any atom is -0.489 e. The Bertz CT molecular complexity index is 331. The van der Waals surface area contributed by atoms with Crippen molar-refractivity contribution >= 4 is 0 Å². The predicted octanol–water partition coefficient (Wildman–Crippen LogP) is 3.12. The van der Waals surface area contributed by atoms with Gasteiger partial charge in [0.05, 0.1) is 0 Å². The molecule has 0 radical (unpaired) electrons. The van der Waals surface area contributed by atoms with Crippen LogP contribution in [0.15, 0.2) is 18.2 Å². The SMILES string of the molecule is CCCCCNCCOc1ccc(F)cc1F. The van der Waals surface area contributed by atoms with Crippen molar-refractivity contribution in [1.82, 2.24) is 5.32 Å². The molecule has 2 nitrogen and oxygen atoms in total. The van der Waals surface area contributed by atoms with Crippen LogP contribution in [-0.2, 0) is 0 Å². The quantitative estimate of drug-likeness (QED) is 0.708. The van der Waals surface area contributed by atoms with E-state index in [1.54, 1.807) is 0 Å². The smallest absolute Gasteiger partial charge is 0.167 e. The fraction of sp³-hybridized carbons (Fsp3) is 0.538. The molecule has 4 heteroatoms. The fourth-order valence-corrected chi connectivity index (χ4v) is 1.45. The second kappa shape index (κ2) is 8.01. The molecule has 0 amide bonds. The van der Waals surface area contributed by atoms with Crippen molar-refractivity contribution in [3.8, 4) is 5.75 Å². The zero-order valence-corrected chi connectivity index (χ0v) is 10.1. The molecule has 1 N–H and O–H groups in total. The number of hydrogen-bond donors (Lipinski definition) is 1. The van der Waals surface area contributed by atoms with E-state index in [1.807, 2.05) is 0 Å². The summed E-state index contributed by atoms with van der Waals surface area (Å²) in [6.07, 6.45) is 3.54. The molecule has 1 rings (SSSR count). The molecule has 0 bridgehead atoms. The number of halogens is 2. The number of benzene rings is 1. The molecule has 17 heavy (non-hydrogen) atoms. The van der Waals surface area contributed by atoms with Crippen LogP contribution >= 0.6 is 0 Å². The molecule has 0 spiro atoms. The number of nitrogens with one attached hydrogen (secondary N) is 1. The van der Waals surface area contributed by atoms with Gasteiger partial charge in [-0.3, -0.25) is 0 Å². The number of hydrogen-bond acceptors (Lipinski definition) is 2. The summed E-state index contributed by atoms with van der Waals surface area (Å²) in [5.41, 5.74) is 0. The Morgan fingerprint density at radius 1 is 1.18 bits per heavy atom. The van der Waals surface area contributed by atoms with Gasteiger partial charge in [0.25, 0.3) is 0 Å². The third-order valence-corrected chi connectivity index (χ3v) is 2.39. The van der Waals surface area contributed by atoms with Crippen molar-refractivity contribution in [3.05, 3.63) is 29.8 Å². The highest BCUT2D eigenvalue weighted by molar-refractivity contribution is 5.24. The second-order valence-electron chi connectivity index (χ2n) is 3.88. The van der Waals surface area contributed by atoms with Crippen molar-refractivity contribution in [2.45, 2.75) is 26.2 Å². The van der Waals surface area contributed by atoms with Gasteiger partial charge in [-0.05, 0) is 25.1 Å². The zero-order valence-electron chi connectivity index (χ0n) is 10.1. The molecule has 0 aliphatic heterocycles. The minimum atomic E-state index is -0.656. The van der Waals surface area contributed by atoms with Gasteiger partial charge in [0, 0.05) is 12.6 Å². The van der Waals surface area contributed by atoms with E-state index in [-0.39, 0.29) is 5.75 Å². The number of unbranched alkanes of at least 4 members (excludes halogenated alkanes) is 2. The summed E-state index contributed by atoms with van der Waals surface area (Å²) >= 11 is 0. The Hall–Kier alpha value is -1.16. The normalized spacial score (nSPS) is 10.5. The first-order valence-electron chi connectivity index (χ1n) is 6.02. The zero-order chi connectivity index (χ0) is 12.5. The van der Waals surface area contributed by atoms with Gasteiger partial charge in [-0.1, -0.05) is 19.8 Å². The molecule has 0 aliphatic carbocycles. The topological polar surface area (TPSA) is 21.3 Å². The van der Waals surface area contributed by atoms with Gasteiger partial charge in [0.2, 0.25) is 0 Å². The van der Waals surface area contributed by atoms with E-state index in [2.05, 4.69) is 12.2 Å². The largest absolute Gasteiger partial charge is 0.489 e. The van der Waals surface area contributed by atoms with Gasteiger partial charge in [-0.15, -0.1) is 0 Å². The number of rotatable bonds is 8. The lowest BCUT2D eigenvalue weighted by Gasteiger charge is -2.08. The molecule has 0 heterocycles. The van der Waals surface area contributed by atoms with Gasteiger partial charge in [0.1, 0.15) is 12.4 Å². The highest BCUT2D eigenvalue weighted by atomic mass is 19.1. The first-order chi connectivity index (χ1) is 8.24. The molecule has 0 aromatic heterocycles. The van der Waals surface area contributed by atoms with Crippen molar-refractivity contribution in [2.24, 2.45) is 0 Å². The molecule has 0 aliphatic rings. The van der Waals surface area contributed by atoms with E-state index in [9.17, 15) is 8.78 Å². The van der Waals surface area contributed by atoms with Crippen LogP contribution in [0.3, 0.4) is 0 Å². The molecule has 0 saturated carbocycles. The van der Waals surface area contributed by atoms with Crippen molar-refractivity contribution in [1.29, 1.82) is 0 Å². The summed E-state index contributed by atoms with van der Waals surface area (Å²) in [4.78, 5) is 0. The maximum absolute atomic E-state index is 13.1. The van der Waals surface area contributed by atoms with E-state index < -0.39 is 11.6 Å². The summed E-state index contributed by atoms with van der Waals surface area (Å²) in [6, 6.07) is 3.32. The van der Waals surface area contributed by atoms with E-state index in [0.29, 0.717) is 13.2 Å². The molecule has 1 aromatic carbocycles. The average molecular weight is 243 g/mol. The van der Waals surface area contributed by atoms with Crippen molar-refractivity contribution < 1.29 is 13.5 Å². The lowest BCUT2D eigenvalue weighted by atomic mass is 10.2. The average Bonchev–Trinajstić information content (AvgIpc) is 2.30. The van der Waals surface area contributed by atoms with Crippen LogP contribution in [-0.4, -0.2) is 19.7 Å². The third kappa shape index (κ3) is 5.63. The van der Waals surface area contributed by atoms with Crippen molar-refractivity contribution in [2.75, 3.05) is 19.7 Å². The van der Waals surface area contributed by atoms with Gasteiger partial charge in [-0.2, -0.15) is 0 Å². The molecular weight excluding hydrogens is 224 g/mol. The predicted molar refractivity (Wildman–Crippen MR) is 64.2 cm³/mol. The summed E-state index contributed by atoms with van der Waals surface area (Å²) in [5, 5.41) is 3.20. The summed E-state index contributed by atoms with van der Waals surface area (Å²) in [7, 11) is 0. The van der Waals surface area contributed by atoms with Crippen LogP contribution in [0.2, 0.25) is 0 Å². The molecule has 0 fully saturated rings. The lowest BCUT2D eigenvalue weighted by molar-refractivity contribution is 0.297. The molecule has 0 atom stereocenters. The Balaban J connectivity index is 2.14. The highest BCUT2D eigenvalue weighted by Gasteiger charge is 2.03. The van der Waals surface area contributed by atoms with Crippen LogP contribution in [0.25, 0.3) is 0 Å². The Kier molecular flexibility index (Phi) is 6.55. The fourth-order valence-electron chi connectivity index (χ4n) is 1.45. The molecule has 0 unspecified atom stereocenters. The van der Waals surface area contributed by atoms with Crippen LogP contribution in [0.4, 0.5) is 8.78 Å². The van der Waals surface area contributed by atoms with Gasteiger partial charge in [-0.25, -0.2) is 8.78 Å². The summed E-state index contributed by atoms with van der Waals surface area (Å²) in [6.45, 7) is 4.15.